The van der Waals surface area contributed by atoms with Gasteiger partial charge < -0.3 is 20.0 Å². The molecule has 0 saturated carbocycles. The minimum Gasteiger partial charge on any atom is -0.341 e. The highest BCUT2D eigenvalue weighted by molar-refractivity contribution is 8.02. The molecule has 23 heavy (non-hydrogen) atoms. The summed E-state index contributed by atoms with van der Waals surface area (Å²) in [5, 5.41) is 4.13. The van der Waals surface area contributed by atoms with Crippen LogP contribution in [0.4, 0.5) is 0 Å². The Kier molecular flexibility index (Phi) is 4.13. The van der Waals surface area contributed by atoms with Crippen LogP contribution in [-0.4, -0.2) is 48.4 Å². The predicted octanol–water partition coefficient (Wildman–Crippen LogP) is 0.973. The van der Waals surface area contributed by atoms with Crippen LogP contribution in [0.5, 0.6) is 0 Å². The Labute approximate surface area is 141 Å². The van der Waals surface area contributed by atoms with Crippen LogP contribution in [0.15, 0.2) is 17.5 Å². The third kappa shape index (κ3) is 2.96. The summed E-state index contributed by atoms with van der Waals surface area (Å²) in [7, 11) is -4.45. The van der Waals surface area contributed by atoms with Crippen molar-refractivity contribution in [2.45, 2.75) is 42.2 Å². The topological polar surface area (TPSA) is 107 Å². The van der Waals surface area contributed by atoms with Crippen molar-refractivity contribution < 1.29 is 23.9 Å². The van der Waals surface area contributed by atoms with Crippen LogP contribution in [0.25, 0.3) is 0 Å². The molecule has 3 N–H and O–H groups in total. The van der Waals surface area contributed by atoms with Gasteiger partial charge in [-0.1, -0.05) is 6.07 Å². The fourth-order valence-electron chi connectivity index (χ4n) is 3.07. The Morgan fingerprint density at radius 2 is 2.17 bits per heavy atom. The minimum atomic E-state index is -4.45. The molecule has 1 aromatic heterocycles. The monoisotopic (exact) mass is 376 g/mol. The molecule has 0 aromatic carbocycles. The molecular weight excluding hydrogens is 359 g/mol. The van der Waals surface area contributed by atoms with Gasteiger partial charge in [-0.25, -0.2) is 0 Å². The van der Waals surface area contributed by atoms with Crippen molar-refractivity contribution in [3.63, 3.8) is 0 Å². The van der Waals surface area contributed by atoms with E-state index in [-0.39, 0.29) is 12.3 Å². The van der Waals surface area contributed by atoms with Gasteiger partial charge in [-0.3, -0.25) is 14.2 Å². The van der Waals surface area contributed by atoms with Crippen LogP contribution < -0.4 is 5.32 Å². The molecule has 2 aliphatic rings. The zero-order valence-electron chi connectivity index (χ0n) is 12.5. The Balaban J connectivity index is 1.70. The molecule has 1 aromatic rings. The van der Waals surface area contributed by atoms with E-state index in [2.05, 4.69) is 5.32 Å². The SMILES string of the molecule is CC1(C)S[C@@H]2C(NC(=O)Cc3cccs3)C(=O)N2C1P(=O)(O)O. The van der Waals surface area contributed by atoms with Crippen LogP contribution in [-0.2, 0) is 20.6 Å². The van der Waals surface area contributed by atoms with Crippen LogP contribution in [0.1, 0.15) is 18.7 Å². The Morgan fingerprint density at radius 1 is 1.48 bits per heavy atom. The lowest BCUT2D eigenvalue weighted by Crippen LogP contribution is -2.69. The van der Waals surface area contributed by atoms with Crippen molar-refractivity contribution in [1.29, 1.82) is 0 Å². The number of nitrogens with zero attached hydrogens (tertiary/aromatic N) is 1. The Hall–Kier alpha value is -0.860. The lowest BCUT2D eigenvalue weighted by molar-refractivity contribution is -0.149. The molecule has 3 heterocycles. The molecule has 0 bridgehead atoms. The highest BCUT2D eigenvalue weighted by Gasteiger charge is 2.66. The largest absolute Gasteiger partial charge is 0.349 e. The third-order valence-corrected chi connectivity index (χ3v) is 8.09. The Morgan fingerprint density at radius 3 is 2.74 bits per heavy atom. The van der Waals surface area contributed by atoms with Gasteiger partial charge in [0.25, 0.3) is 0 Å². The van der Waals surface area contributed by atoms with E-state index >= 15 is 0 Å². The van der Waals surface area contributed by atoms with E-state index in [0.29, 0.717) is 0 Å². The molecule has 0 aliphatic carbocycles. The van der Waals surface area contributed by atoms with Gasteiger partial charge in [-0.15, -0.1) is 23.1 Å². The predicted molar refractivity (Wildman–Crippen MR) is 88.1 cm³/mol. The van der Waals surface area contributed by atoms with Crippen LogP contribution in [0.3, 0.4) is 0 Å². The minimum absolute atomic E-state index is 0.199. The molecule has 7 nitrogen and oxygen atoms in total. The highest BCUT2D eigenvalue weighted by Crippen LogP contribution is 2.62. The van der Waals surface area contributed by atoms with Gasteiger partial charge in [0.15, 0.2) is 0 Å². The van der Waals surface area contributed by atoms with E-state index in [1.54, 1.807) is 13.8 Å². The van der Waals surface area contributed by atoms with Gasteiger partial charge in [0.2, 0.25) is 11.8 Å². The van der Waals surface area contributed by atoms with E-state index in [4.69, 9.17) is 0 Å². The number of amides is 2. The zero-order valence-corrected chi connectivity index (χ0v) is 15.0. The second-order valence-corrected chi connectivity index (χ2v) is 10.6. The number of fused-ring (bicyclic) bond motifs is 1. The molecule has 2 saturated heterocycles. The molecule has 126 valence electrons. The van der Waals surface area contributed by atoms with Crippen LogP contribution in [0.2, 0.25) is 0 Å². The maximum atomic E-state index is 12.3. The van der Waals surface area contributed by atoms with Gasteiger partial charge in [0.05, 0.1) is 6.42 Å². The average Bonchev–Trinajstić information content (AvgIpc) is 2.99. The number of thioether (sulfide) groups is 1. The molecule has 2 amide bonds. The fraction of sp³-hybridized carbons (Fsp3) is 0.538. The summed E-state index contributed by atoms with van der Waals surface area (Å²) in [6.45, 7) is 3.41. The molecule has 2 fully saturated rings. The van der Waals surface area contributed by atoms with Gasteiger partial charge in [-0.05, 0) is 25.3 Å². The normalized spacial score (nSPS) is 29.1. The lowest BCUT2D eigenvalue weighted by atomic mass is 10.0. The lowest BCUT2D eigenvalue weighted by Gasteiger charge is -2.44. The molecule has 2 unspecified atom stereocenters. The summed E-state index contributed by atoms with van der Waals surface area (Å²) < 4.78 is 11.0. The maximum absolute atomic E-state index is 12.3. The number of thiophene rings is 1. The summed E-state index contributed by atoms with van der Waals surface area (Å²) in [6, 6.07) is 2.98. The fourth-order valence-corrected chi connectivity index (χ4v) is 7.37. The molecule has 0 spiro atoms. The smallest absolute Gasteiger partial charge is 0.341 e. The van der Waals surface area contributed by atoms with E-state index < -0.39 is 35.4 Å². The zero-order chi connectivity index (χ0) is 17.0. The molecular formula is C13H17N2O5PS2. The standard InChI is InChI=1S/C13H17N2O5PS2/c1-13(2)12(21(18,19)20)15-10(17)9(11(15)23-13)14-8(16)6-7-4-3-5-22-7/h3-5,9,11-12H,6H2,1-2H3,(H,14,16)(H2,18,19,20)/t9?,11-,12?/m1/s1. The van der Waals surface area contributed by atoms with Crippen LogP contribution >= 0.6 is 30.7 Å². The van der Waals surface area contributed by atoms with Crippen molar-refractivity contribution >= 4 is 42.5 Å². The first-order chi connectivity index (χ1) is 10.6. The van der Waals surface area contributed by atoms with Crippen molar-refractivity contribution in [2.75, 3.05) is 0 Å². The summed E-state index contributed by atoms with van der Waals surface area (Å²) in [4.78, 5) is 45.6. The number of β-lactam (4-membered cyclic amide) rings is 1. The molecule has 3 rings (SSSR count). The maximum Gasteiger partial charge on any atom is 0.349 e. The number of hydrogen-bond donors (Lipinski definition) is 3. The number of carbonyl (C=O) groups excluding carboxylic acids is 2. The van der Waals surface area contributed by atoms with E-state index in [1.165, 1.54) is 28.0 Å². The summed E-state index contributed by atoms with van der Waals surface area (Å²) in [5.41, 5.74) is 0. The molecule has 0 radical (unpaired) electrons. The number of hydrogen-bond acceptors (Lipinski definition) is 5. The average molecular weight is 376 g/mol. The van der Waals surface area contributed by atoms with E-state index in [9.17, 15) is 23.9 Å². The van der Waals surface area contributed by atoms with Gasteiger partial charge in [-0.2, -0.15) is 0 Å². The van der Waals surface area contributed by atoms with Crippen molar-refractivity contribution in [3.05, 3.63) is 22.4 Å². The number of rotatable bonds is 4. The van der Waals surface area contributed by atoms with Gasteiger partial charge in [0.1, 0.15) is 17.2 Å². The Bertz CT molecular complexity index is 687. The van der Waals surface area contributed by atoms with Gasteiger partial charge in [0, 0.05) is 9.62 Å². The molecule has 10 heteroatoms. The van der Waals surface area contributed by atoms with Crippen LogP contribution in [0, 0.1) is 0 Å². The first-order valence-corrected chi connectivity index (χ1v) is 10.4. The quantitative estimate of drug-likeness (QED) is 0.534. The second-order valence-electron chi connectivity index (χ2n) is 6.12. The first kappa shape index (κ1) is 17.0. The second kappa shape index (κ2) is 5.60. The third-order valence-electron chi connectivity index (χ3n) is 3.94. The van der Waals surface area contributed by atoms with Crippen molar-refractivity contribution in [2.24, 2.45) is 0 Å². The number of nitrogens with one attached hydrogen (secondary N) is 1. The van der Waals surface area contributed by atoms with Crippen molar-refractivity contribution in [3.8, 4) is 0 Å². The highest BCUT2D eigenvalue weighted by atomic mass is 32.2. The molecule has 2 aliphatic heterocycles. The summed E-state index contributed by atoms with van der Waals surface area (Å²) in [5.74, 6) is -1.84. The first-order valence-electron chi connectivity index (χ1n) is 6.98. The van der Waals surface area contributed by atoms with Gasteiger partial charge >= 0.3 is 7.60 Å². The summed E-state index contributed by atoms with van der Waals surface area (Å²) in [6.07, 6.45) is 0.199. The van der Waals surface area contributed by atoms with E-state index in [1.807, 2.05) is 17.5 Å². The van der Waals surface area contributed by atoms with Crippen molar-refractivity contribution in [1.82, 2.24) is 10.2 Å². The number of carbonyl (C=O) groups is 2. The summed E-state index contributed by atoms with van der Waals surface area (Å²) >= 11 is 2.78. The van der Waals surface area contributed by atoms with E-state index in [0.717, 1.165) is 4.88 Å². The molecule has 3 atom stereocenters.